The molecule has 2 heterocycles. The molecule has 0 spiro atoms. The van der Waals surface area contributed by atoms with Gasteiger partial charge in [-0.2, -0.15) is 0 Å². The van der Waals surface area contributed by atoms with Gasteiger partial charge in [0.05, 0.1) is 6.04 Å². The monoisotopic (exact) mass is 374 g/mol. The van der Waals surface area contributed by atoms with Crippen LogP contribution in [-0.2, 0) is 6.42 Å². The number of nitrogens with zero attached hydrogens (tertiary/aromatic N) is 4. The number of hydrogen-bond acceptors (Lipinski definition) is 5. The zero-order chi connectivity index (χ0) is 19.7. The van der Waals surface area contributed by atoms with Crippen LogP contribution < -0.4 is 11.1 Å². The first-order valence-corrected chi connectivity index (χ1v) is 9.65. The normalized spacial score (nSPS) is 22.2. The van der Waals surface area contributed by atoms with Crippen LogP contribution in [-0.4, -0.2) is 64.9 Å². The van der Waals surface area contributed by atoms with Crippen molar-refractivity contribution in [3.63, 3.8) is 0 Å². The summed E-state index contributed by atoms with van der Waals surface area (Å²) in [5.74, 6) is 1.17. The largest absolute Gasteiger partial charge is 0.368 e. The molecule has 2 aliphatic rings. The second-order valence-electron chi connectivity index (χ2n) is 8.36. The first-order chi connectivity index (χ1) is 12.7. The fourth-order valence-corrected chi connectivity index (χ4v) is 3.82. The summed E-state index contributed by atoms with van der Waals surface area (Å²) in [7, 11) is 3.50. The highest BCUT2D eigenvalue weighted by Crippen LogP contribution is 2.41. The average Bonchev–Trinajstić information content (AvgIpc) is 3.33. The van der Waals surface area contributed by atoms with E-state index in [-0.39, 0.29) is 23.9 Å². The van der Waals surface area contributed by atoms with Crippen molar-refractivity contribution >= 4 is 17.9 Å². The van der Waals surface area contributed by atoms with Crippen LogP contribution in [0.5, 0.6) is 0 Å². The van der Waals surface area contributed by atoms with Crippen LogP contribution >= 0.6 is 0 Å². The van der Waals surface area contributed by atoms with E-state index < -0.39 is 0 Å². The molecule has 27 heavy (non-hydrogen) atoms. The molecule has 3 N–H and O–H groups in total. The minimum atomic E-state index is -0.246. The van der Waals surface area contributed by atoms with Crippen LogP contribution in [0.15, 0.2) is 6.07 Å². The molecule has 3 amide bonds. The van der Waals surface area contributed by atoms with Crippen molar-refractivity contribution in [3.8, 4) is 0 Å². The Bertz CT molecular complexity index is 716. The van der Waals surface area contributed by atoms with E-state index in [9.17, 15) is 9.59 Å². The van der Waals surface area contributed by atoms with Gasteiger partial charge in [-0.05, 0) is 37.2 Å². The van der Waals surface area contributed by atoms with E-state index in [1.54, 1.807) is 25.1 Å². The number of aromatic nitrogens is 2. The first kappa shape index (κ1) is 19.4. The number of carbonyl (C=O) groups excluding carboxylic acids is 2. The van der Waals surface area contributed by atoms with Gasteiger partial charge in [0.2, 0.25) is 5.95 Å². The van der Waals surface area contributed by atoms with Gasteiger partial charge >= 0.3 is 6.03 Å². The molecule has 1 aromatic heterocycles. The summed E-state index contributed by atoms with van der Waals surface area (Å²) in [6.07, 6.45) is 3.08. The van der Waals surface area contributed by atoms with Gasteiger partial charge in [-0.1, -0.05) is 13.8 Å². The molecule has 1 saturated carbocycles. The van der Waals surface area contributed by atoms with Crippen molar-refractivity contribution in [2.75, 3.05) is 32.9 Å². The Hall–Kier alpha value is -2.38. The lowest BCUT2D eigenvalue weighted by atomic mass is 9.98. The molecule has 2 fully saturated rings. The SMILES string of the molecule is CC(C)Cc1cc(C(=O)N[C@H]2CN(C(=O)N(C)C)C[C@@H]2C2CC2)nc(N)n1. The van der Waals surface area contributed by atoms with E-state index in [4.69, 9.17) is 5.73 Å². The van der Waals surface area contributed by atoms with Crippen molar-refractivity contribution in [2.45, 2.75) is 39.2 Å². The number of urea groups is 1. The maximum atomic E-state index is 12.8. The Kier molecular flexibility index (Phi) is 5.53. The van der Waals surface area contributed by atoms with E-state index in [1.807, 2.05) is 4.90 Å². The highest BCUT2D eigenvalue weighted by Gasteiger charge is 2.44. The van der Waals surface area contributed by atoms with Crippen molar-refractivity contribution in [2.24, 2.45) is 17.8 Å². The molecule has 1 saturated heterocycles. The lowest BCUT2D eigenvalue weighted by molar-refractivity contribution is 0.0922. The smallest absolute Gasteiger partial charge is 0.319 e. The summed E-state index contributed by atoms with van der Waals surface area (Å²) in [6, 6.07) is 1.65. The lowest BCUT2D eigenvalue weighted by Crippen LogP contribution is -2.43. The average molecular weight is 374 g/mol. The number of nitrogen functional groups attached to an aromatic ring is 1. The van der Waals surface area contributed by atoms with E-state index in [0.29, 0.717) is 36.5 Å². The van der Waals surface area contributed by atoms with Crippen LogP contribution in [0.25, 0.3) is 0 Å². The van der Waals surface area contributed by atoms with Gasteiger partial charge in [0.1, 0.15) is 5.69 Å². The lowest BCUT2D eigenvalue weighted by Gasteiger charge is -2.21. The predicted octanol–water partition coefficient (Wildman–Crippen LogP) is 1.38. The number of carbonyl (C=O) groups is 2. The van der Waals surface area contributed by atoms with Gasteiger partial charge in [0.25, 0.3) is 5.91 Å². The number of rotatable bonds is 5. The Morgan fingerprint density at radius 2 is 2.00 bits per heavy atom. The van der Waals surface area contributed by atoms with Gasteiger partial charge in [-0.15, -0.1) is 0 Å². The van der Waals surface area contributed by atoms with Crippen LogP contribution in [0.3, 0.4) is 0 Å². The van der Waals surface area contributed by atoms with E-state index >= 15 is 0 Å². The van der Waals surface area contributed by atoms with Gasteiger partial charge in [0, 0.05) is 38.8 Å². The fraction of sp³-hybridized carbons (Fsp3) is 0.684. The molecule has 0 bridgehead atoms. The topological polar surface area (TPSA) is 104 Å². The molecule has 8 nitrogen and oxygen atoms in total. The second-order valence-corrected chi connectivity index (χ2v) is 8.36. The summed E-state index contributed by atoms with van der Waals surface area (Å²) in [5, 5.41) is 3.10. The van der Waals surface area contributed by atoms with Crippen molar-refractivity contribution in [3.05, 3.63) is 17.5 Å². The zero-order valence-electron chi connectivity index (χ0n) is 16.6. The third kappa shape index (κ3) is 4.67. The third-order valence-electron chi connectivity index (χ3n) is 5.21. The van der Waals surface area contributed by atoms with Crippen molar-refractivity contribution in [1.82, 2.24) is 25.1 Å². The molecule has 0 unspecified atom stereocenters. The molecule has 8 heteroatoms. The molecule has 3 rings (SSSR count). The number of nitrogens with two attached hydrogens (primary N) is 1. The Balaban J connectivity index is 1.72. The van der Waals surface area contributed by atoms with Gasteiger partial charge < -0.3 is 20.9 Å². The summed E-state index contributed by atoms with van der Waals surface area (Å²) < 4.78 is 0. The highest BCUT2D eigenvalue weighted by molar-refractivity contribution is 5.93. The van der Waals surface area contributed by atoms with Crippen LogP contribution in [0.2, 0.25) is 0 Å². The highest BCUT2D eigenvalue weighted by atomic mass is 16.2. The van der Waals surface area contributed by atoms with Crippen LogP contribution in [0, 0.1) is 17.8 Å². The van der Waals surface area contributed by atoms with Crippen LogP contribution in [0.4, 0.5) is 10.7 Å². The van der Waals surface area contributed by atoms with Gasteiger partial charge in [-0.25, -0.2) is 14.8 Å². The minimum Gasteiger partial charge on any atom is -0.368 e. The maximum absolute atomic E-state index is 12.8. The molecule has 1 aromatic rings. The van der Waals surface area contributed by atoms with E-state index in [2.05, 4.69) is 29.1 Å². The number of nitrogens with one attached hydrogen (secondary N) is 1. The van der Waals surface area contributed by atoms with Crippen molar-refractivity contribution < 1.29 is 9.59 Å². The summed E-state index contributed by atoms with van der Waals surface area (Å²) >= 11 is 0. The maximum Gasteiger partial charge on any atom is 0.319 e. The number of anilines is 1. The molecule has 2 atom stereocenters. The zero-order valence-corrected chi connectivity index (χ0v) is 16.6. The van der Waals surface area contributed by atoms with Crippen molar-refractivity contribution in [1.29, 1.82) is 0 Å². The molecule has 1 aliphatic carbocycles. The Labute approximate surface area is 160 Å². The first-order valence-electron chi connectivity index (χ1n) is 9.65. The number of hydrogen-bond donors (Lipinski definition) is 2. The Morgan fingerprint density at radius 1 is 1.30 bits per heavy atom. The fourth-order valence-electron chi connectivity index (χ4n) is 3.82. The second kappa shape index (κ2) is 7.70. The predicted molar refractivity (Wildman–Crippen MR) is 103 cm³/mol. The molecular weight excluding hydrogens is 344 g/mol. The van der Waals surface area contributed by atoms with Gasteiger partial charge in [0.15, 0.2) is 0 Å². The molecule has 148 valence electrons. The molecular formula is C19H30N6O2. The standard InChI is InChI=1S/C19H30N6O2/c1-11(2)7-13-8-15(23-18(20)21-13)17(26)22-16-10-25(19(27)24(3)4)9-14(16)12-5-6-12/h8,11-12,14,16H,5-7,9-10H2,1-4H3,(H,22,26)(H2,20,21,23)/t14-,16+/m1/s1. The molecule has 0 radical (unpaired) electrons. The summed E-state index contributed by atoms with van der Waals surface area (Å²) in [5.41, 5.74) is 6.87. The molecule has 0 aromatic carbocycles. The van der Waals surface area contributed by atoms with E-state index in [1.165, 1.54) is 12.8 Å². The molecule has 1 aliphatic heterocycles. The van der Waals surface area contributed by atoms with Gasteiger partial charge in [-0.3, -0.25) is 4.79 Å². The summed E-state index contributed by atoms with van der Waals surface area (Å²) in [6.45, 7) is 5.40. The quantitative estimate of drug-likeness (QED) is 0.810. The van der Waals surface area contributed by atoms with E-state index in [0.717, 1.165) is 12.1 Å². The number of likely N-dealkylation sites (tertiary alicyclic amines) is 1. The Morgan fingerprint density at radius 3 is 2.59 bits per heavy atom. The van der Waals surface area contributed by atoms with Crippen LogP contribution in [0.1, 0.15) is 42.9 Å². The minimum absolute atomic E-state index is 0.0112. The number of amides is 3. The third-order valence-corrected chi connectivity index (χ3v) is 5.21. The summed E-state index contributed by atoms with van der Waals surface area (Å²) in [4.78, 5) is 36.9.